The molecule has 1 aromatic heterocycles. The van der Waals surface area contributed by atoms with Gasteiger partial charge in [-0.15, -0.1) is 0 Å². The van der Waals surface area contributed by atoms with Crippen LogP contribution in [-0.2, 0) is 6.42 Å². The Morgan fingerprint density at radius 1 is 1.42 bits per heavy atom. The van der Waals surface area contributed by atoms with Gasteiger partial charge in [-0.3, -0.25) is 0 Å². The van der Waals surface area contributed by atoms with E-state index in [4.69, 9.17) is 5.73 Å². The first-order valence-corrected chi connectivity index (χ1v) is 4.67. The van der Waals surface area contributed by atoms with Crippen LogP contribution in [0.5, 0.6) is 0 Å². The van der Waals surface area contributed by atoms with Gasteiger partial charge in [0.15, 0.2) is 0 Å². The summed E-state index contributed by atoms with van der Waals surface area (Å²) in [7, 11) is 0. The highest BCUT2D eigenvalue weighted by Crippen LogP contribution is 2.39. The second kappa shape index (κ2) is 2.10. The van der Waals surface area contributed by atoms with Crippen LogP contribution in [0.2, 0.25) is 0 Å². The van der Waals surface area contributed by atoms with Crippen molar-refractivity contribution in [1.29, 1.82) is 0 Å². The quantitative estimate of drug-likeness (QED) is 0.675. The third-order valence-corrected chi connectivity index (χ3v) is 2.91. The first-order valence-electron chi connectivity index (χ1n) is 4.67. The molecule has 0 aromatic carbocycles. The summed E-state index contributed by atoms with van der Waals surface area (Å²) in [6.07, 6.45) is 6.86. The topological polar surface area (TPSA) is 43.8 Å². The molecule has 0 amide bonds. The van der Waals surface area contributed by atoms with E-state index in [-0.39, 0.29) is 6.04 Å². The Morgan fingerprint density at radius 3 is 3.00 bits per heavy atom. The number of aromatic nitrogens is 2. The van der Waals surface area contributed by atoms with Crippen LogP contribution in [0.25, 0.3) is 0 Å². The number of hydrogen-bond donors (Lipinski definition) is 1. The molecule has 64 valence electrons. The van der Waals surface area contributed by atoms with Gasteiger partial charge < -0.3 is 10.3 Å². The summed E-state index contributed by atoms with van der Waals surface area (Å²) in [4.78, 5) is 4.38. The first-order chi connectivity index (χ1) is 5.86. The molecule has 1 fully saturated rings. The molecule has 1 saturated carbocycles. The second-order valence-electron chi connectivity index (χ2n) is 3.86. The highest BCUT2D eigenvalue weighted by atomic mass is 15.1. The van der Waals surface area contributed by atoms with E-state index >= 15 is 0 Å². The van der Waals surface area contributed by atoms with Crippen molar-refractivity contribution in [1.82, 2.24) is 9.55 Å². The lowest BCUT2D eigenvalue weighted by Gasteiger charge is -2.01. The lowest BCUT2D eigenvalue weighted by molar-refractivity contribution is 0.659. The molecule has 3 heteroatoms. The minimum Gasteiger partial charge on any atom is -0.331 e. The minimum atomic E-state index is 0.208. The van der Waals surface area contributed by atoms with Crippen molar-refractivity contribution in [2.24, 2.45) is 5.73 Å². The second-order valence-corrected chi connectivity index (χ2v) is 3.86. The maximum atomic E-state index is 5.90. The molecule has 0 spiro atoms. The molecule has 2 aliphatic carbocycles. The average Bonchev–Trinajstić information content (AvgIpc) is 2.71. The predicted molar refractivity (Wildman–Crippen MR) is 45.7 cm³/mol. The first kappa shape index (κ1) is 6.66. The maximum Gasteiger partial charge on any atom is 0.0954 e. The van der Waals surface area contributed by atoms with Crippen molar-refractivity contribution in [2.75, 3.05) is 0 Å². The van der Waals surface area contributed by atoms with Crippen LogP contribution in [-0.4, -0.2) is 9.55 Å². The number of nitrogens with zero attached hydrogens (tertiary/aromatic N) is 2. The summed E-state index contributed by atoms with van der Waals surface area (Å²) < 4.78 is 2.34. The van der Waals surface area contributed by atoms with E-state index < -0.39 is 0 Å². The van der Waals surface area contributed by atoms with Gasteiger partial charge in [0.25, 0.3) is 0 Å². The normalized spacial score (nSPS) is 27.6. The summed E-state index contributed by atoms with van der Waals surface area (Å²) in [5.74, 6) is 0. The molecule has 2 aliphatic rings. The number of nitrogens with two attached hydrogens (primary N) is 1. The van der Waals surface area contributed by atoms with Crippen LogP contribution in [0, 0.1) is 0 Å². The van der Waals surface area contributed by atoms with Crippen LogP contribution in [0.3, 0.4) is 0 Å². The van der Waals surface area contributed by atoms with Gasteiger partial charge in [-0.2, -0.15) is 0 Å². The number of rotatable bonds is 1. The van der Waals surface area contributed by atoms with Gasteiger partial charge in [-0.25, -0.2) is 4.98 Å². The van der Waals surface area contributed by atoms with Gasteiger partial charge in [-0.1, -0.05) is 0 Å². The van der Waals surface area contributed by atoms with Crippen LogP contribution in [0.4, 0.5) is 0 Å². The van der Waals surface area contributed by atoms with Crippen LogP contribution >= 0.6 is 0 Å². The van der Waals surface area contributed by atoms with Crippen molar-refractivity contribution >= 4 is 0 Å². The van der Waals surface area contributed by atoms with E-state index in [1.165, 1.54) is 18.5 Å². The Kier molecular flexibility index (Phi) is 1.17. The smallest absolute Gasteiger partial charge is 0.0954 e. The van der Waals surface area contributed by atoms with Crippen molar-refractivity contribution < 1.29 is 0 Å². The summed E-state index contributed by atoms with van der Waals surface area (Å²) in [6.45, 7) is 0. The van der Waals surface area contributed by atoms with E-state index in [0.29, 0.717) is 0 Å². The van der Waals surface area contributed by atoms with Gasteiger partial charge >= 0.3 is 0 Å². The molecular formula is C9H13N3. The van der Waals surface area contributed by atoms with Crippen molar-refractivity contribution in [3.05, 3.63) is 17.7 Å². The Hall–Kier alpha value is -0.830. The van der Waals surface area contributed by atoms with E-state index in [2.05, 4.69) is 9.55 Å². The molecule has 2 N–H and O–H groups in total. The van der Waals surface area contributed by atoms with Gasteiger partial charge in [0.05, 0.1) is 12.0 Å². The zero-order valence-electron chi connectivity index (χ0n) is 7.03. The molecule has 3 rings (SSSR count). The summed E-state index contributed by atoms with van der Waals surface area (Å²) in [5.41, 5.74) is 8.47. The maximum absolute atomic E-state index is 5.90. The van der Waals surface area contributed by atoms with E-state index in [1.807, 2.05) is 6.33 Å². The summed E-state index contributed by atoms with van der Waals surface area (Å²) >= 11 is 0. The van der Waals surface area contributed by atoms with Crippen molar-refractivity contribution in [3.63, 3.8) is 0 Å². The standard InChI is InChI=1S/C9H13N3/c10-7-3-4-8-9(7)11-5-12(8)6-1-2-6/h5-7H,1-4,10H2. The third kappa shape index (κ3) is 0.771. The van der Waals surface area contributed by atoms with Gasteiger partial charge in [-0.05, 0) is 25.7 Å². The average molecular weight is 163 g/mol. The molecular weight excluding hydrogens is 150 g/mol. The summed E-state index contributed by atoms with van der Waals surface area (Å²) in [6, 6.07) is 0.964. The van der Waals surface area contributed by atoms with E-state index in [9.17, 15) is 0 Å². The van der Waals surface area contributed by atoms with Gasteiger partial charge in [0.1, 0.15) is 0 Å². The molecule has 0 saturated heterocycles. The highest BCUT2D eigenvalue weighted by Gasteiger charge is 2.31. The largest absolute Gasteiger partial charge is 0.331 e. The zero-order chi connectivity index (χ0) is 8.13. The lowest BCUT2D eigenvalue weighted by atomic mass is 10.3. The SMILES string of the molecule is NC1CCc2c1ncn2C1CC1. The fourth-order valence-electron chi connectivity index (χ4n) is 2.06. The molecule has 0 aliphatic heterocycles. The molecule has 0 radical (unpaired) electrons. The zero-order valence-corrected chi connectivity index (χ0v) is 7.03. The molecule has 0 bridgehead atoms. The number of imidazole rings is 1. The van der Waals surface area contributed by atoms with Crippen LogP contribution in [0.1, 0.15) is 42.7 Å². The van der Waals surface area contributed by atoms with Crippen LogP contribution in [0.15, 0.2) is 6.33 Å². The molecule has 1 unspecified atom stereocenters. The minimum absolute atomic E-state index is 0.208. The molecule has 3 nitrogen and oxygen atoms in total. The van der Waals surface area contributed by atoms with Crippen LogP contribution < -0.4 is 5.73 Å². The Balaban J connectivity index is 2.07. The Morgan fingerprint density at radius 2 is 2.25 bits per heavy atom. The van der Waals surface area contributed by atoms with Crippen molar-refractivity contribution in [3.8, 4) is 0 Å². The van der Waals surface area contributed by atoms with Crippen molar-refractivity contribution in [2.45, 2.75) is 37.8 Å². The predicted octanol–water partition coefficient (Wildman–Crippen LogP) is 1.16. The molecule has 1 aromatic rings. The Bertz CT molecular complexity index is 312. The van der Waals surface area contributed by atoms with Gasteiger partial charge in [0, 0.05) is 17.8 Å². The lowest BCUT2D eigenvalue weighted by Crippen LogP contribution is -2.05. The van der Waals surface area contributed by atoms with E-state index in [0.717, 1.165) is 24.6 Å². The van der Waals surface area contributed by atoms with Gasteiger partial charge in [0.2, 0.25) is 0 Å². The fraction of sp³-hybridized carbons (Fsp3) is 0.667. The monoisotopic (exact) mass is 163 g/mol. The molecule has 1 atom stereocenters. The fourth-order valence-corrected chi connectivity index (χ4v) is 2.06. The molecule has 12 heavy (non-hydrogen) atoms. The number of hydrogen-bond acceptors (Lipinski definition) is 2. The highest BCUT2D eigenvalue weighted by molar-refractivity contribution is 5.24. The molecule has 1 heterocycles. The Labute approximate surface area is 71.6 Å². The van der Waals surface area contributed by atoms with E-state index in [1.54, 1.807) is 0 Å². The number of fused-ring (bicyclic) bond motifs is 1. The third-order valence-electron chi connectivity index (χ3n) is 2.91. The summed E-state index contributed by atoms with van der Waals surface area (Å²) in [5, 5.41) is 0.